The van der Waals surface area contributed by atoms with Crippen molar-refractivity contribution >= 4 is 22.6 Å². The summed E-state index contributed by atoms with van der Waals surface area (Å²) in [6.07, 6.45) is -5.28. The van der Waals surface area contributed by atoms with E-state index in [0.29, 0.717) is 10.7 Å². The highest BCUT2D eigenvalue weighted by molar-refractivity contribution is 6.06. The minimum Gasteiger partial charge on any atom is -0.345 e. The third-order valence-corrected chi connectivity index (χ3v) is 4.46. The smallest absolute Gasteiger partial charge is 0.345 e. The molecule has 0 spiro atoms. The lowest BCUT2D eigenvalue weighted by Crippen LogP contribution is -2.21. The summed E-state index contributed by atoms with van der Waals surface area (Å²) < 4.78 is 81.3. The molecule has 32 heavy (non-hydrogen) atoms. The van der Waals surface area contributed by atoms with Crippen molar-refractivity contribution in [3.05, 3.63) is 54.0 Å². The molecule has 0 bridgehead atoms. The Labute approximate surface area is 174 Å². The number of aryl methyl sites for hydroxylation is 1. The third-order valence-electron chi connectivity index (χ3n) is 4.46. The lowest BCUT2D eigenvalue weighted by atomic mass is 10.1. The summed E-state index contributed by atoms with van der Waals surface area (Å²) in [7, 11) is 1.12. The summed E-state index contributed by atoms with van der Waals surface area (Å²) in [5.41, 5.74) is -4.22. The van der Waals surface area contributed by atoms with Crippen LogP contribution in [0.25, 0.3) is 22.3 Å². The molecular weight excluding hydrogens is 444 g/mol. The van der Waals surface area contributed by atoms with E-state index in [2.05, 4.69) is 25.0 Å². The number of pyridine rings is 1. The monoisotopic (exact) mass is 455 g/mol. The van der Waals surface area contributed by atoms with Crippen LogP contribution in [0.5, 0.6) is 0 Å². The Bertz CT molecular complexity index is 1320. The molecule has 4 aromatic heterocycles. The highest BCUT2D eigenvalue weighted by atomic mass is 19.4. The van der Waals surface area contributed by atoms with Crippen LogP contribution in [0, 0.1) is 0 Å². The molecule has 0 aliphatic carbocycles. The number of carbonyl (C=O) groups excluding carboxylic acids is 1. The number of alkyl halides is 6. The van der Waals surface area contributed by atoms with E-state index < -0.39 is 40.9 Å². The molecule has 0 aliphatic rings. The van der Waals surface area contributed by atoms with E-state index in [-0.39, 0.29) is 22.3 Å². The predicted molar refractivity (Wildman–Crippen MR) is 98.3 cm³/mol. The first-order valence-electron chi connectivity index (χ1n) is 8.73. The number of aromatic nitrogens is 6. The van der Waals surface area contributed by atoms with Crippen molar-refractivity contribution in [2.75, 3.05) is 5.32 Å². The molecule has 8 nitrogen and oxygen atoms in total. The molecule has 0 aromatic carbocycles. The number of hydrogen-bond donors (Lipinski definition) is 2. The van der Waals surface area contributed by atoms with Crippen LogP contribution < -0.4 is 5.32 Å². The summed E-state index contributed by atoms with van der Waals surface area (Å²) in [5, 5.41) is 6.15. The normalized spacial score (nSPS) is 12.3. The van der Waals surface area contributed by atoms with E-state index in [1.807, 2.05) is 5.32 Å². The van der Waals surface area contributed by atoms with Gasteiger partial charge in [0.1, 0.15) is 34.6 Å². The fourth-order valence-corrected chi connectivity index (χ4v) is 3.15. The van der Waals surface area contributed by atoms with Gasteiger partial charge in [0.15, 0.2) is 0 Å². The van der Waals surface area contributed by atoms with Crippen molar-refractivity contribution in [3.63, 3.8) is 0 Å². The number of amides is 1. The number of halogens is 6. The van der Waals surface area contributed by atoms with Gasteiger partial charge in [-0.1, -0.05) is 0 Å². The molecule has 2 N–H and O–H groups in total. The van der Waals surface area contributed by atoms with Gasteiger partial charge in [0.2, 0.25) is 0 Å². The Morgan fingerprint density at radius 2 is 1.88 bits per heavy atom. The number of rotatable bonds is 3. The lowest BCUT2D eigenvalue weighted by molar-refractivity contribution is -0.141. The maximum absolute atomic E-state index is 14.0. The van der Waals surface area contributed by atoms with Crippen LogP contribution in [-0.2, 0) is 19.4 Å². The van der Waals surface area contributed by atoms with Gasteiger partial charge >= 0.3 is 12.4 Å². The first kappa shape index (κ1) is 21.3. The molecule has 0 unspecified atom stereocenters. The molecule has 0 saturated heterocycles. The van der Waals surface area contributed by atoms with Crippen LogP contribution in [-0.4, -0.2) is 35.6 Å². The van der Waals surface area contributed by atoms with Crippen LogP contribution >= 0.6 is 0 Å². The number of anilines is 1. The summed E-state index contributed by atoms with van der Waals surface area (Å²) in [6, 6.07) is 1.54. The molecule has 1 amide bonds. The Morgan fingerprint density at radius 1 is 1.12 bits per heavy atom. The first-order valence-corrected chi connectivity index (χ1v) is 8.73. The van der Waals surface area contributed by atoms with Gasteiger partial charge in [0.05, 0.1) is 0 Å². The van der Waals surface area contributed by atoms with Crippen LogP contribution in [0.3, 0.4) is 0 Å². The predicted octanol–water partition coefficient (Wildman–Crippen LogP) is 4.04. The fraction of sp³-hybridized carbons (Fsp3) is 0.167. The second-order valence-electron chi connectivity index (χ2n) is 6.56. The summed E-state index contributed by atoms with van der Waals surface area (Å²) in [4.78, 5) is 26.2. The van der Waals surface area contributed by atoms with Crippen LogP contribution in [0.1, 0.15) is 21.7 Å². The maximum atomic E-state index is 14.0. The molecule has 0 radical (unpaired) electrons. The quantitative estimate of drug-likeness (QED) is 0.454. The van der Waals surface area contributed by atoms with Crippen molar-refractivity contribution in [2.24, 2.45) is 7.05 Å². The zero-order valence-corrected chi connectivity index (χ0v) is 15.9. The first-order chi connectivity index (χ1) is 15.0. The van der Waals surface area contributed by atoms with Gasteiger partial charge in [-0.25, -0.2) is 9.97 Å². The third kappa shape index (κ3) is 3.74. The SMILES string of the molecule is Cn1nc(-c2c[nH]c3ncncc23)c(C(F)(F)F)c1C(=O)Nc1ccnc(C(F)(F)F)c1. The molecule has 166 valence electrons. The minimum atomic E-state index is -5.01. The molecule has 4 aromatic rings. The number of carbonyl (C=O) groups is 1. The standard InChI is InChI=1S/C18H11F6N7O/c1-31-14(16(32)29-8-2-3-26-11(4-8)17(19,20)21)12(18(22,23)24)13(30-31)9-6-27-15-10(9)5-25-7-28-15/h2-7H,1H3,(H,25,27,28)(H,26,29,32). The van der Waals surface area contributed by atoms with Gasteiger partial charge < -0.3 is 10.3 Å². The molecule has 4 heterocycles. The van der Waals surface area contributed by atoms with Crippen molar-refractivity contribution < 1.29 is 31.1 Å². The summed E-state index contributed by atoms with van der Waals surface area (Å²) in [6.45, 7) is 0. The highest BCUT2D eigenvalue weighted by Crippen LogP contribution is 2.41. The van der Waals surface area contributed by atoms with E-state index >= 15 is 0 Å². The Morgan fingerprint density at radius 3 is 2.56 bits per heavy atom. The molecule has 0 atom stereocenters. The van der Waals surface area contributed by atoms with Crippen LogP contribution in [0.2, 0.25) is 0 Å². The molecule has 0 fully saturated rings. The zero-order valence-electron chi connectivity index (χ0n) is 15.9. The van der Waals surface area contributed by atoms with Crippen LogP contribution in [0.4, 0.5) is 32.0 Å². The average Bonchev–Trinajstić information content (AvgIpc) is 3.28. The number of fused-ring (bicyclic) bond motifs is 1. The van der Waals surface area contributed by atoms with Crippen molar-refractivity contribution in [2.45, 2.75) is 12.4 Å². The largest absolute Gasteiger partial charge is 0.433 e. The number of aromatic amines is 1. The lowest BCUT2D eigenvalue weighted by Gasteiger charge is -2.12. The Hall–Kier alpha value is -3.97. The molecule has 0 saturated carbocycles. The Balaban J connectivity index is 1.81. The fourth-order valence-electron chi connectivity index (χ4n) is 3.15. The van der Waals surface area contributed by atoms with Gasteiger partial charge in [-0.15, -0.1) is 0 Å². The van der Waals surface area contributed by atoms with Gasteiger partial charge in [-0.3, -0.25) is 14.5 Å². The van der Waals surface area contributed by atoms with Crippen LogP contribution in [0.15, 0.2) is 37.1 Å². The second kappa shape index (κ2) is 7.32. The van der Waals surface area contributed by atoms with Gasteiger partial charge in [-0.05, 0) is 12.1 Å². The van der Waals surface area contributed by atoms with Crippen molar-refractivity contribution in [1.29, 1.82) is 0 Å². The molecule has 4 rings (SSSR count). The van der Waals surface area contributed by atoms with Gasteiger partial charge in [-0.2, -0.15) is 31.4 Å². The van der Waals surface area contributed by atoms with E-state index in [9.17, 15) is 31.1 Å². The second-order valence-corrected chi connectivity index (χ2v) is 6.56. The maximum Gasteiger partial charge on any atom is 0.433 e. The number of H-pyrrole nitrogens is 1. The summed E-state index contributed by atoms with van der Waals surface area (Å²) in [5.74, 6) is -1.30. The highest BCUT2D eigenvalue weighted by Gasteiger charge is 2.43. The Kier molecular flexibility index (Phi) is 4.86. The average molecular weight is 455 g/mol. The topological polar surface area (TPSA) is 101 Å². The number of nitrogens with one attached hydrogen (secondary N) is 2. The van der Waals surface area contributed by atoms with Crippen molar-refractivity contribution in [1.82, 2.24) is 29.7 Å². The number of nitrogens with zero attached hydrogens (tertiary/aromatic N) is 5. The van der Waals surface area contributed by atoms with E-state index in [1.54, 1.807) is 0 Å². The van der Waals surface area contributed by atoms with E-state index in [0.717, 1.165) is 19.3 Å². The summed E-state index contributed by atoms with van der Waals surface area (Å²) >= 11 is 0. The molecule has 0 aliphatic heterocycles. The number of hydrogen-bond acceptors (Lipinski definition) is 5. The van der Waals surface area contributed by atoms with Gasteiger partial charge in [0.25, 0.3) is 5.91 Å². The molecular formula is C18H11F6N7O. The minimum absolute atomic E-state index is 0.00541. The van der Waals surface area contributed by atoms with Crippen molar-refractivity contribution in [3.8, 4) is 11.3 Å². The van der Waals surface area contributed by atoms with E-state index in [1.165, 1.54) is 18.7 Å². The van der Waals surface area contributed by atoms with Gasteiger partial charge in [0, 0.05) is 42.3 Å². The molecule has 14 heteroatoms. The zero-order chi connectivity index (χ0) is 23.3. The van der Waals surface area contributed by atoms with E-state index in [4.69, 9.17) is 0 Å².